The van der Waals surface area contributed by atoms with Crippen LogP contribution >= 0.6 is 0 Å². The number of rotatable bonds is 6. The molecule has 1 aromatic carbocycles. The Morgan fingerprint density at radius 3 is 2.50 bits per heavy atom. The second-order valence-electron chi connectivity index (χ2n) is 3.70. The van der Waals surface area contributed by atoms with E-state index in [0.717, 1.165) is 6.07 Å². The lowest BCUT2D eigenvalue weighted by Crippen LogP contribution is -2.13. The molecule has 0 heterocycles. The maximum absolute atomic E-state index is 12.8. The monoisotopic (exact) mass is 263 g/mol. The summed E-state index contributed by atoms with van der Waals surface area (Å²) in [6.07, 6.45) is -4.42. The van der Waals surface area contributed by atoms with E-state index >= 15 is 0 Å². The molecule has 0 amide bonds. The van der Waals surface area contributed by atoms with Crippen molar-refractivity contribution in [2.75, 3.05) is 27.4 Å². The summed E-state index contributed by atoms with van der Waals surface area (Å²) in [5.41, 5.74) is -0.199. The van der Waals surface area contributed by atoms with Gasteiger partial charge in [0.15, 0.2) is 0 Å². The van der Waals surface area contributed by atoms with E-state index < -0.39 is 11.7 Å². The highest BCUT2D eigenvalue weighted by molar-refractivity contribution is 5.39. The lowest BCUT2D eigenvalue weighted by Gasteiger charge is -2.15. The molecule has 1 rings (SSSR count). The van der Waals surface area contributed by atoms with Crippen LogP contribution in [0.5, 0.6) is 5.75 Å². The number of hydrogen-bond acceptors (Lipinski definition) is 3. The summed E-state index contributed by atoms with van der Waals surface area (Å²) in [6, 6.07) is 4.04. The Bertz CT molecular complexity index is 380. The maximum Gasteiger partial charge on any atom is 0.419 e. The topological polar surface area (TPSA) is 30.5 Å². The Balaban J connectivity index is 2.94. The van der Waals surface area contributed by atoms with E-state index in [9.17, 15) is 13.2 Å². The summed E-state index contributed by atoms with van der Waals surface area (Å²) in [4.78, 5) is 0. The van der Waals surface area contributed by atoms with Crippen LogP contribution in [0.15, 0.2) is 18.2 Å². The Kier molecular flexibility index (Phi) is 5.43. The van der Waals surface area contributed by atoms with Gasteiger partial charge < -0.3 is 14.8 Å². The van der Waals surface area contributed by atoms with E-state index in [1.54, 1.807) is 13.1 Å². The molecule has 102 valence electrons. The second-order valence-corrected chi connectivity index (χ2v) is 3.70. The average Bonchev–Trinajstić information content (AvgIpc) is 2.30. The third-order valence-electron chi connectivity index (χ3n) is 2.28. The van der Waals surface area contributed by atoms with Crippen molar-refractivity contribution in [1.82, 2.24) is 5.32 Å². The molecule has 0 unspecified atom stereocenters. The summed E-state index contributed by atoms with van der Waals surface area (Å²) >= 11 is 0. The number of halogens is 3. The molecular formula is C12H16F3NO2. The summed E-state index contributed by atoms with van der Waals surface area (Å²) in [7, 11) is 3.14. The van der Waals surface area contributed by atoms with Crippen molar-refractivity contribution in [3.05, 3.63) is 29.3 Å². The fourth-order valence-electron chi connectivity index (χ4n) is 1.47. The molecule has 0 aliphatic carbocycles. The van der Waals surface area contributed by atoms with Gasteiger partial charge in [0.05, 0.1) is 12.2 Å². The average molecular weight is 263 g/mol. The lowest BCUT2D eigenvalue weighted by molar-refractivity contribution is -0.139. The van der Waals surface area contributed by atoms with Gasteiger partial charge in [0.1, 0.15) is 12.4 Å². The van der Waals surface area contributed by atoms with Crippen molar-refractivity contribution in [2.24, 2.45) is 0 Å². The number of alkyl halides is 3. The van der Waals surface area contributed by atoms with Crippen LogP contribution in [0.1, 0.15) is 11.1 Å². The van der Waals surface area contributed by atoms with Crippen molar-refractivity contribution >= 4 is 0 Å². The van der Waals surface area contributed by atoms with Crippen LogP contribution < -0.4 is 10.1 Å². The second kappa shape index (κ2) is 6.61. The van der Waals surface area contributed by atoms with E-state index in [2.05, 4.69) is 5.32 Å². The smallest absolute Gasteiger partial charge is 0.419 e. The summed E-state index contributed by atoms with van der Waals surface area (Å²) in [5, 5.41) is 2.81. The third kappa shape index (κ3) is 4.19. The SMILES string of the molecule is CNCc1ccc(OCCOC)c(C(F)(F)F)c1. The number of hydrogen-bond donors (Lipinski definition) is 1. The molecule has 0 aliphatic heterocycles. The lowest BCUT2D eigenvalue weighted by atomic mass is 10.1. The van der Waals surface area contributed by atoms with Gasteiger partial charge in [-0.05, 0) is 24.7 Å². The van der Waals surface area contributed by atoms with Crippen LogP contribution in [-0.4, -0.2) is 27.4 Å². The molecular weight excluding hydrogens is 247 g/mol. The Morgan fingerprint density at radius 2 is 1.94 bits per heavy atom. The fraction of sp³-hybridized carbons (Fsp3) is 0.500. The van der Waals surface area contributed by atoms with Gasteiger partial charge in [0.2, 0.25) is 0 Å². The molecule has 18 heavy (non-hydrogen) atoms. The van der Waals surface area contributed by atoms with Gasteiger partial charge in [0.25, 0.3) is 0 Å². The van der Waals surface area contributed by atoms with Crippen LogP contribution in [-0.2, 0) is 17.5 Å². The zero-order valence-corrected chi connectivity index (χ0v) is 10.3. The van der Waals surface area contributed by atoms with Gasteiger partial charge in [-0.3, -0.25) is 0 Å². The van der Waals surface area contributed by atoms with Gasteiger partial charge in [-0.25, -0.2) is 0 Å². The molecule has 0 bridgehead atoms. The zero-order chi connectivity index (χ0) is 13.6. The molecule has 0 aromatic heterocycles. The maximum atomic E-state index is 12.8. The van der Waals surface area contributed by atoms with E-state index in [0.29, 0.717) is 12.1 Å². The van der Waals surface area contributed by atoms with Gasteiger partial charge >= 0.3 is 6.18 Å². The summed E-state index contributed by atoms with van der Waals surface area (Å²) in [5.74, 6) is -0.167. The van der Waals surface area contributed by atoms with Crippen molar-refractivity contribution in [3.63, 3.8) is 0 Å². The highest BCUT2D eigenvalue weighted by atomic mass is 19.4. The van der Waals surface area contributed by atoms with E-state index in [1.807, 2.05) is 0 Å². The zero-order valence-electron chi connectivity index (χ0n) is 10.3. The normalized spacial score (nSPS) is 11.6. The number of ether oxygens (including phenoxy) is 2. The van der Waals surface area contributed by atoms with E-state index in [-0.39, 0.29) is 19.0 Å². The molecule has 6 heteroatoms. The quantitative estimate of drug-likeness (QED) is 0.800. The standard InChI is InChI=1S/C12H16F3NO2/c1-16-8-9-3-4-11(18-6-5-17-2)10(7-9)12(13,14)15/h3-4,7,16H,5-6,8H2,1-2H3. The van der Waals surface area contributed by atoms with Crippen molar-refractivity contribution < 1.29 is 22.6 Å². The highest BCUT2D eigenvalue weighted by Gasteiger charge is 2.34. The van der Waals surface area contributed by atoms with Crippen LogP contribution in [0, 0.1) is 0 Å². The molecule has 0 saturated carbocycles. The first kappa shape index (κ1) is 14.8. The van der Waals surface area contributed by atoms with Crippen molar-refractivity contribution in [3.8, 4) is 5.75 Å². The Morgan fingerprint density at radius 1 is 1.22 bits per heavy atom. The molecule has 0 spiro atoms. The van der Waals surface area contributed by atoms with E-state index in [4.69, 9.17) is 9.47 Å². The molecule has 0 radical (unpaired) electrons. The van der Waals surface area contributed by atoms with Crippen LogP contribution in [0.3, 0.4) is 0 Å². The minimum Gasteiger partial charge on any atom is -0.491 e. The van der Waals surface area contributed by atoms with Crippen molar-refractivity contribution in [1.29, 1.82) is 0 Å². The predicted molar refractivity (Wildman–Crippen MR) is 61.6 cm³/mol. The molecule has 0 saturated heterocycles. The van der Waals surface area contributed by atoms with E-state index in [1.165, 1.54) is 13.2 Å². The largest absolute Gasteiger partial charge is 0.491 e. The first-order valence-corrected chi connectivity index (χ1v) is 5.45. The number of methoxy groups -OCH3 is 1. The first-order valence-electron chi connectivity index (χ1n) is 5.45. The molecule has 1 N–H and O–H groups in total. The first-order chi connectivity index (χ1) is 8.49. The third-order valence-corrected chi connectivity index (χ3v) is 2.28. The number of benzene rings is 1. The molecule has 0 atom stereocenters. The van der Waals surface area contributed by atoms with Gasteiger partial charge in [-0.15, -0.1) is 0 Å². The Labute approximate surface area is 104 Å². The van der Waals surface area contributed by atoms with Gasteiger partial charge in [-0.1, -0.05) is 6.07 Å². The molecule has 0 aliphatic rings. The Hall–Kier alpha value is -1.27. The minimum absolute atomic E-state index is 0.0882. The summed E-state index contributed by atoms with van der Waals surface area (Å²) in [6.45, 7) is 0.710. The van der Waals surface area contributed by atoms with Crippen LogP contribution in [0.2, 0.25) is 0 Å². The molecule has 0 fully saturated rings. The predicted octanol–water partition coefficient (Wildman–Crippen LogP) is 2.45. The fourth-order valence-corrected chi connectivity index (χ4v) is 1.47. The van der Waals surface area contributed by atoms with Crippen LogP contribution in [0.4, 0.5) is 13.2 Å². The summed E-state index contributed by atoms with van der Waals surface area (Å²) < 4.78 is 48.3. The molecule has 1 aromatic rings. The van der Waals surface area contributed by atoms with Gasteiger partial charge in [0, 0.05) is 13.7 Å². The molecule has 3 nitrogen and oxygen atoms in total. The number of nitrogens with one attached hydrogen (secondary N) is 1. The van der Waals surface area contributed by atoms with Crippen LogP contribution in [0.25, 0.3) is 0 Å². The van der Waals surface area contributed by atoms with Gasteiger partial charge in [-0.2, -0.15) is 13.2 Å². The minimum atomic E-state index is -4.42. The van der Waals surface area contributed by atoms with Crippen molar-refractivity contribution in [2.45, 2.75) is 12.7 Å². The highest BCUT2D eigenvalue weighted by Crippen LogP contribution is 2.36.